The lowest BCUT2D eigenvalue weighted by atomic mass is 9.88. The highest BCUT2D eigenvalue weighted by Crippen LogP contribution is 2.26. The van der Waals surface area contributed by atoms with Gasteiger partial charge in [0, 0.05) is 28.7 Å². The molecule has 0 radical (unpaired) electrons. The number of benzene rings is 1. The zero-order valence-corrected chi connectivity index (χ0v) is 16.2. The van der Waals surface area contributed by atoms with Gasteiger partial charge in [-0.2, -0.15) is 0 Å². The first-order valence-corrected chi connectivity index (χ1v) is 9.82. The minimum Gasteiger partial charge on any atom is -0.340 e. The number of fused-ring (bicyclic) bond motifs is 2. The van der Waals surface area contributed by atoms with E-state index in [1.807, 2.05) is 48.7 Å². The topological polar surface area (TPSA) is 37.8 Å². The molecule has 3 aromatic rings. The second-order valence-corrected chi connectivity index (χ2v) is 7.44. The number of aryl methyl sites for hydroxylation is 1. The predicted molar refractivity (Wildman–Crippen MR) is 117 cm³/mol. The molecule has 28 heavy (non-hydrogen) atoms. The number of allylic oxidation sites excluding steroid dienone is 1. The van der Waals surface area contributed by atoms with Gasteiger partial charge in [0.2, 0.25) is 0 Å². The number of nitrogens with zero attached hydrogens (tertiary/aromatic N) is 2. The molecule has 1 atom stereocenters. The summed E-state index contributed by atoms with van der Waals surface area (Å²) in [4.78, 5) is 8.96. The van der Waals surface area contributed by atoms with E-state index in [0.717, 1.165) is 34.3 Å². The summed E-state index contributed by atoms with van der Waals surface area (Å²) in [6.45, 7) is 6.19. The Labute approximate surface area is 166 Å². The molecule has 3 nitrogen and oxygen atoms in total. The number of rotatable bonds is 1. The fourth-order valence-electron chi connectivity index (χ4n) is 3.60. The Balaban J connectivity index is 0.000000151. The molecule has 1 aliphatic carbocycles. The van der Waals surface area contributed by atoms with Crippen LogP contribution in [-0.4, -0.2) is 9.97 Å². The van der Waals surface area contributed by atoms with E-state index in [0.29, 0.717) is 0 Å². The van der Waals surface area contributed by atoms with E-state index in [-0.39, 0.29) is 0 Å². The molecule has 1 aromatic carbocycles. The van der Waals surface area contributed by atoms with Crippen LogP contribution in [0.1, 0.15) is 30.2 Å². The average Bonchev–Trinajstić information content (AvgIpc) is 2.74. The second-order valence-electron chi connectivity index (χ2n) is 7.44. The largest absolute Gasteiger partial charge is 0.340 e. The molecule has 0 amide bonds. The highest BCUT2D eigenvalue weighted by Gasteiger charge is 2.14. The Morgan fingerprint density at radius 1 is 1.00 bits per heavy atom. The van der Waals surface area contributed by atoms with Gasteiger partial charge in [-0.25, -0.2) is 4.98 Å². The van der Waals surface area contributed by atoms with Crippen molar-refractivity contribution < 1.29 is 0 Å². The quantitative estimate of drug-likeness (QED) is 0.581. The van der Waals surface area contributed by atoms with Crippen LogP contribution in [0.2, 0.25) is 0 Å². The third kappa shape index (κ3) is 4.20. The summed E-state index contributed by atoms with van der Waals surface area (Å²) in [5.41, 5.74) is 6.85. The highest BCUT2D eigenvalue weighted by atomic mass is 15.0. The fourth-order valence-corrected chi connectivity index (χ4v) is 3.60. The van der Waals surface area contributed by atoms with Gasteiger partial charge in [0.15, 0.2) is 0 Å². The second kappa shape index (κ2) is 8.22. The Bertz CT molecular complexity index is 1010. The summed E-state index contributed by atoms with van der Waals surface area (Å²) in [5, 5.41) is 3.18. The first-order valence-electron chi connectivity index (χ1n) is 9.82. The molecular formula is C25H25N3. The average molecular weight is 367 g/mol. The number of hydrogen-bond acceptors (Lipinski definition) is 3. The molecule has 0 bridgehead atoms. The fraction of sp³-hybridized carbons (Fsp3) is 0.200. The van der Waals surface area contributed by atoms with Crippen LogP contribution in [0.25, 0.3) is 17.3 Å². The number of hydrogen-bond donors (Lipinski definition) is 1. The molecule has 3 heteroatoms. The number of pyridine rings is 2. The van der Waals surface area contributed by atoms with Crippen molar-refractivity contribution in [2.75, 3.05) is 5.32 Å². The summed E-state index contributed by atoms with van der Waals surface area (Å²) in [7, 11) is 0. The van der Waals surface area contributed by atoms with Crippen molar-refractivity contribution in [2.45, 2.75) is 26.2 Å². The van der Waals surface area contributed by atoms with Crippen LogP contribution in [-0.2, 0) is 12.8 Å². The summed E-state index contributed by atoms with van der Waals surface area (Å²) < 4.78 is 0. The Morgan fingerprint density at radius 2 is 1.86 bits per heavy atom. The first kappa shape index (κ1) is 18.2. The van der Waals surface area contributed by atoms with Gasteiger partial charge < -0.3 is 5.32 Å². The third-order valence-electron chi connectivity index (χ3n) is 5.17. The summed E-state index contributed by atoms with van der Waals surface area (Å²) in [6.07, 6.45) is 9.58. The number of nitrogens with one attached hydrogen (secondary N) is 1. The van der Waals surface area contributed by atoms with Gasteiger partial charge in [-0.1, -0.05) is 49.9 Å². The van der Waals surface area contributed by atoms with Crippen LogP contribution in [0, 0.1) is 5.92 Å². The third-order valence-corrected chi connectivity index (χ3v) is 5.17. The smallest absolute Gasteiger partial charge is 0.138 e. The minimum absolute atomic E-state index is 0.853. The van der Waals surface area contributed by atoms with Crippen LogP contribution < -0.4 is 5.32 Å². The highest BCUT2D eigenvalue weighted by molar-refractivity contribution is 5.74. The van der Waals surface area contributed by atoms with Gasteiger partial charge in [-0.05, 0) is 61.1 Å². The van der Waals surface area contributed by atoms with Crippen molar-refractivity contribution in [3.8, 4) is 11.3 Å². The Kier molecular flexibility index (Phi) is 5.34. The maximum Gasteiger partial charge on any atom is 0.138 e. The van der Waals surface area contributed by atoms with Crippen molar-refractivity contribution in [1.82, 2.24) is 9.97 Å². The van der Waals surface area contributed by atoms with Crippen molar-refractivity contribution >= 4 is 11.9 Å². The molecular weight excluding hydrogens is 342 g/mol. The van der Waals surface area contributed by atoms with Gasteiger partial charge in [0.25, 0.3) is 0 Å². The molecule has 2 aliphatic rings. The molecule has 0 fully saturated rings. The minimum atomic E-state index is 0.853. The Morgan fingerprint density at radius 3 is 2.71 bits per heavy atom. The molecule has 0 spiro atoms. The van der Waals surface area contributed by atoms with E-state index in [1.165, 1.54) is 30.5 Å². The SMILES string of the molecule is C=C1C=Cc2ccc(-c3ccccc3)nc2N1.CC1CCc2ncccc2C1. The van der Waals surface area contributed by atoms with Crippen LogP contribution >= 0.6 is 0 Å². The first-order chi connectivity index (χ1) is 13.7. The van der Waals surface area contributed by atoms with Crippen LogP contribution in [0.4, 0.5) is 5.82 Å². The van der Waals surface area contributed by atoms with Crippen molar-refractivity contribution in [3.63, 3.8) is 0 Å². The maximum atomic E-state index is 4.61. The molecule has 1 aliphatic heterocycles. The predicted octanol–water partition coefficient (Wildman–Crippen LogP) is 5.91. The Hall–Kier alpha value is -3.20. The molecule has 1 N–H and O–H groups in total. The lowest BCUT2D eigenvalue weighted by Crippen LogP contribution is -2.12. The molecule has 0 saturated carbocycles. The standard InChI is InChI=1S/C15H12N2.C10H13N/c1-11-7-8-13-9-10-14(17-15(13)16-11)12-5-3-2-4-6-12;1-8-4-5-10-9(7-8)3-2-6-11-10/h2-10H,1H2,(H,16,17);2-3,6,8H,4-5,7H2,1H3. The lowest BCUT2D eigenvalue weighted by Gasteiger charge is -2.19. The van der Waals surface area contributed by atoms with Gasteiger partial charge in [-0.3, -0.25) is 4.98 Å². The van der Waals surface area contributed by atoms with Crippen LogP contribution in [0.15, 0.2) is 79.1 Å². The molecule has 1 unspecified atom stereocenters. The number of aromatic nitrogens is 2. The molecule has 0 saturated heterocycles. The number of anilines is 1. The zero-order valence-electron chi connectivity index (χ0n) is 16.2. The monoisotopic (exact) mass is 367 g/mol. The summed E-state index contributed by atoms with van der Waals surface area (Å²) in [5.74, 6) is 1.73. The van der Waals surface area contributed by atoms with Crippen molar-refractivity contribution in [2.24, 2.45) is 5.92 Å². The van der Waals surface area contributed by atoms with Gasteiger partial charge >= 0.3 is 0 Å². The normalized spacial score (nSPS) is 16.9. The maximum absolute atomic E-state index is 4.61. The molecule has 3 heterocycles. The van der Waals surface area contributed by atoms with Crippen LogP contribution in [0.5, 0.6) is 0 Å². The van der Waals surface area contributed by atoms with E-state index in [9.17, 15) is 0 Å². The van der Waals surface area contributed by atoms with E-state index in [1.54, 1.807) is 0 Å². The van der Waals surface area contributed by atoms with Crippen LogP contribution in [0.3, 0.4) is 0 Å². The zero-order chi connectivity index (χ0) is 19.3. The van der Waals surface area contributed by atoms with E-state index >= 15 is 0 Å². The molecule has 5 rings (SSSR count). The summed E-state index contributed by atoms with van der Waals surface area (Å²) in [6, 6.07) is 18.5. The van der Waals surface area contributed by atoms with Gasteiger partial charge in [0.1, 0.15) is 5.82 Å². The molecule has 140 valence electrons. The molecule has 2 aromatic heterocycles. The van der Waals surface area contributed by atoms with E-state index < -0.39 is 0 Å². The van der Waals surface area contributed by atoms with Crippen molar-refractivity contribution in [1.29, 1.82) is 0 Å². The van der Waals surface area contributed by atoms with Gasteiger partial charge in [-0.15, -0.1) is 0 Å². The van der Waals surface area contributed by atoms with E-state index in [4.69, 9.17) is 0 Å². The summed E-state index contributed by atoms with van der Waals surface area (Å²) >= 11 is 0. The lowest BCUT2D eigenvalue weighted by molar-refractivity contribution is 0.494. The van der Waals surface area contributed by atoms with E-state index in [2.05, 4.69) is 53.1 Å². The van der Waals surface area contributed by atoms with Gasteiger partial charge in [0.05, 0.1) is 5.69 Å². The van der Waals surface area contributed by atoms with Crippen molar-refractivity contribution in [3.05, 3.63) is 96.0 Å².